The van der Waals surface area contributed by atoms with Gasteiger partial charge in [0.15, 0.2) is 9.90 Å². The molecule has 1 aromatic heterocycles. The number of esters is 1. The summed E-state index contributed by atoms with van der Waals surface area (Å²) in [4.78, 5) is 15.2. The first-order chi connectivity index (χ1) is 8.38. The van der Waals surface area contributed by atoms with Gasteiger partial charge in [0.2, 0.25) is 0 Å². The van der Waals surface area contributed by atoms with Gasteiger partial charge < -0.3 is 4.74 Å². The van der Waals surface area contributed by atoms with Crippen molar-refractivity contribution in [1.29, 1.82) is 0 Å². The van der Waals surface area contributed by atoms with Crippen LogP contribution in [0.25, 0.3) is 0 Å². The Morgan fingerprint density at radius 1 is 1.56 bits per heavy atom. The second-order valence-electron chi connectivity index (χ2n) is 4.50. The zero-order chi connectivity index (χ0) is 13.4. The lowest BCUT2D eigenvalue weighted by atomic mass is 9.80. The first kappa shape index (κ1) is 13.4. The van der Waals surface area contributed by atoms with Crippen LogP contribution in [0.2, 0.25) is 0 Å². The van der Waals surface area contributed by atoms with Crippen LogP contribution in [0.4, 0.5) is 0 Å². The zero-order valence-electron chi connectivity index (χ0n) is 10.1. The molecular formula is C10H14N2O4S2. The highest BCUT2D eigenvalue weighted by Crippen LogP contribution is 2.33. The smallest absolute Gasteiger partial charge is 0.358 e. The lowest BCUT2D eigenvalue weighted by Crippen LogP contribution is -2.50. The molecule has 1 heterocycles. The SMILES string of the molecule is COC(=O)c1ncsc1S(=O)(=O)NC1(C)CCC1. The van der Waals surface area contributed by atoms with Gasteiger partial charge in [-0.2, -0.15) is 0 Å². The second-order valence-corrected chi connectivity index (χ2v) is 7.23. The number of carbonyl (C=O) groups is 1. The number of methoxy groups -OCH3 is 1. The minimum atomic E-state index is -3.72. The topological polar surface area (TPSA) is 85.4 Å². The van der Waals surface area contributed by atoms with E-state index in [2.05, 4.69) is 14.4 Å². The Balaban J connectivity index is 2.30. The minimum absolute atomic E-state index is 0.0810. The summed E-state index contributed by atoms with van der Waals surface area (Å²) < 4.78 is 31.4. The lowest BCUT2D eigenvalue weighted by Gasteiger charge is -2.38. The average molecular weight is 290 g/mol. The number of nitrogens with zero attached hydrogens (tertiary/aromatic N) is 1. The van der Waals surface area contributed by atoms with E-state index < -0.39 is 21.5 Å². The number of hydrogen-bond acceptors (Lipinski definition) is 6. The van der Waals surface area contributed by atoms with Crippen LogP contribution in [-0.2, 0) is 14.8 Å². The van der Waals surface area contributed by atoms with Gasteiger partial charge in [-0.25, -0.2) is 22.9 Å². The van der Waals surface area contributed by atoms with Crippen molar-refractivity contribution in [1.82, 2.24) is 9.71 Å². The Morgan fingerprint density at radius 2 is 2.22 bits per heavy atom. The fourth-order valence-electron chi connectivity index (χ4n) is 1.84. The number of sulfonamides is 1. The van der Waals surface area contributed by atoms with E-state index >= 15 is 0 Å². The Hall–Kier alpha value is -0.990. The number of nitrogens with one attached hydrogen (secondary N) is 1. The first-order valence-electron chi connectivity index (χ1n) is 5.44. The summed E-state index contributed by atoms with van der Waals surface area (Å²) in [6, 6.07) is 0. The van der Waals surface area contributed by atoms with Crippen LogP contribution < -0.4 is 4.72 Å². The van der Waals surface area contributed by atoms with Gasteiger partial charge in [0.05, 0.1) is 12.6 Å². The number of aromatic nitrogens is 1. The third-order valence-electron chi connectivity index (χ3n) is 3.00. The summed E-state index contributed by atoms with van der Waals surface area (Å²) in [5.41, 5.74) is 0.762. The number of hydrogen-bond donors (Lipinski definition) is 1. The molecule has 1 aromatic rings. The third kappa shape index (κ3) is 2.40. The van der Waals surface area contributed by atoms with E-state index in [9.17, 15) is 13.2 Å². The van der Waals surface area contributed by atoms with Gasteiger partial charge in [-0.15, -0.1) is 11.3 Å². The van der Waals surface area contributed by atoms with Crippen LogP contribution in [0.15, 0.2) is 9.72 Å². The summed E-state index contributed by atoms with van der Waals surface area (Å²) in [5, 5.41) is 0. The second kappa shape index (κ2) is 4.60. The molecule has 0 aromatic carbocycles. The molecule has 0 amide bonds. The summed E-state index contributed by atoms with van der Waals surface area (Å²) in [6.45, 7) is 1.85. The quantitative estimate of drug-likeness (QED) is 0.841. The molecule has 0 saturated heterocycles. The van der Waals surface area contributed by atoms with E-state index in [1.165, 1.54) is 12.6 Å². The molecule has 0 atom stereocenters. The summed E-state index contributed by atoms with van der Waals surface area (Å²) in [7, 11) is -2.52. The highest BCUT2D eigenvalue weighted by molar-refractivity contribution is 7.91. The van der Waals surface area contributed by atoms with Crippen LogP contribution in [0.5, 0.6) is 0 Å². The molecular weight excluding hydrogens is 276 g/mol. The van der Waals surface area contributed by atoms with Crippen LogP contribution in [0.3, 0.4) is 0 Å². The molecule has 0 bridgehead atoms. The van der Waals surface area contributed by atoms with Gasteiger partial charge in [0, 0.05) is 5.54 Å². The van der Waals surface area contributed by atoms with Crippen LogP contribution in [-0.4, -0.2) is 32.0 Å². The molecule has 0 aliphatic heterocycles. The van der Waals surface area contributed by atoms with Gasteiger partial charge >= 0.3 is 5.97 Å². The molecule has 1 saturated carbocycles. The number of thiazole rings is 1. The first-order valence-corrected chi connectivity index (χ1v) is 7.80. The molecule has 1 aliphatic rings. The maximum atomic E-state index is 12.2. The van der Waals surface area contributed by atoms with Gasteiger partial charge in [-0.1, -0.05) is 0 Å². The standard InChI is InChI=1S/C10H14N2O4S2/c1-10(4-3-5-10)12-18(14,15)9-7(8(13)16-2)11-6-17-9/h6,12H,3-5H2,1-2H3. The van der Waals surface area contributed by atoms with Gasteiger partial charge in [0.1, 0.15) is 0 Å². The van der Waals surface area contributed by atoms with E-state index in [4.69, 9.17) is 0 Å². The predicted octanol–water partition coefficient (Wildman–Crippen LogP) is 1.15. The highest BCUT2D eigenvalue weighted by Gasteiger charge is 2.38. The molecule has 1 fully saturated rings. The number of carbonyl (C=O) groups excluding carboxylic acids is 1. The molecule has 0 spiro atoms. The van der Waals surface area contributed by atoms with Crippen molar-refractivity contribution in [2.45, 2.75) is 35.9 Å². The molecule has 18 heavy (non-hydrogen) atoms. The normalized spacial score (nSPS) is 18.1. The van der Waals surface area contributed by atoms with Crippen molar-refractivity contribution >= 4 is 27.3 Å². The minimum Gasteiger partial charge on any atom is -0.464 e. The van der Waals surface area contributed by atoms with E-state index in [1.54, 1.807) is 0 Å². The third-order valence-corrected chi connectivity index (χ3v) is 6.00. The van der Waals surface area contributed by atoms with Gasteiger partial charge in [-0.3, -0.25) is 0 Å². The van der Waals surface area contributed by atoms with Crippen LogP contribution >= 0.6 is 11.3 Å². The van der Waals surface area contributed by atoms with Gasteiger partial charge in [-0.05, 0) is 26.2 Å². The Labute approximate surface area is 109 Å². The van der Waals surface area contributed by atoms with Crippen molar-refractivity contribution in [2.24, 2.45) is 0 Å². The number of ether oxygens (including phenoxy) is 1. The van der Waals surface area contributed by atoms with Crippen molar-refractivity contribution in [2.75, 3.05) is 7.11 Å². The fraction of sp³-hybridized carbons (Fsp3) is 0.600. The lowest BCUT2D eigenvalue weighted by molar-refractivity contribution is 0.0590. The Bertz CT molecular complexity index is 560. The van der Waals surface area contributed by atoms with E-state index in [0.717, 1.165) is 30.6 Å². The number of rotatable bonds is 4. The van der Waals surface area contributed by atoms with E-state index in [1.807, 2.05) is 6.92 Å². The van der Waals surface area contributed by atoms with Gasteiger partial charge in [0.25, 0.3) is 10.0 Å². The Kier molecular flexibility index (Phi) is 3.43. The van der Waals surface area contributed by atoms with Crippen molar-refractivity contribution in [3.05, 3.63) is 11.2 Å². The fourth-order valence-corrected chi connectivity index (χ4v) is 4.44. The molecule has 100 valence electrons. The molecule has 8 heteroatoms. The summed E-state index contributed by atoms with van der Waals surface area (Å²) >= 11 is 0.913. The summed E-state index contributed by atoms with van der Waals surface area (Å²) in [6.07, 6.45) is 2.61. The zero-order valence-corrected chi connectivity index (χ0v) is 11.7. The Morgan fingerprint density at radius 3 is 2.72 bits per heavy atom. The van der Waals surface area contributed by atoms with Crippen LogP contribution in [0.1, 0.15) is 36.7 Å². The summed E-state index contributed by atoms with van der Waals surface area (Å²) in [5.74, 6) is -0.740. The molecule has 0 radical (unpaired) electrons. The van der Waals surface area contributed by atoms with Crippen molar-refractivity contribution < 1.29 is 17.9 Å². The monoisotopic (exact) mass is 290 g/mol. The average Bonchev–Trinajstić information content (AvgIpc) is 2.75. The molecule has 1 N–H and O–H groups in total. The predicted molar refractivity (Wildman–Crippen MR) is 66.0 cm³/mol. The van der Waals surface area contributed by atoms with Crippen LogP contribution in [0, 0.1) is 0 Å². The molecule has 1 aliphatic carbocycles. The molecule has 2 rings (SSSR count). The molecule has 6 nitrogen and oxygen atoms in total. The van der Waals surface area contributed by atoms with E-state index in [0.29, 0.717) is 0 Å². The highest BCUT2D eigenvalue weighted by atomic mass is 32.2. The van der Waals surface area contributed by atoms with Crippen molar-refractivity contribution in [3.8, 4) is 0 Å². The largest absolute Gasteiger partial charge is 0.464 e. The van der Waals surface area contributed by atoms with E-state index in [-0.39, 0.29) is 9.90 Å². The maximum Gasteiger partial charge on any atom is 0.358 e. The molecule has 0 unspecified atom stereocenters. The maximum absolute atomic E-state index is 12.2. The van der Waals surface area contributed by atoms with Crippen molar-refractivity contribution in [3.63, 3.8) is 0 Å².